The second-order valence-corrected chi connectivity index (χ2v) is 4.96. The fourth-order valence-corrected chi connectivity index (χ4v) is 2.68. The predicted octanol–water partition coefficient (Wildman–Crippen LogP) is 2.45. The molecule has 1 fully saturated rings. The Labute approximate surface area is 98.2 Å². The van der Waals surface area contributed by atoms with E-state index in [9.17, 15) is 0 Å². The fourth-order valence-electron chi connectivity index (χ4n) is 2.68. The summed E-state index contributed by atoms with van der Waals surface area (Å²) in [6, 6.07) is 0.721. The molecule has 1 aromatic rings. The van der Waals surface area contributed by atoms with Crippen molar-refractivity contribution >= 4 is 0 Å². The van der Waals surface area contributed by atoms with Gasteiger partial charge in [-0.25, -0.2) is 0 Å². The van der Waals surface area contributed by atoms with E-state index in [4.69, 9.17) is 0 Å². The topological polar surface area (TPSA) is 29.9 Å². The summed E-state index contributed by atoms with van der Waals surface area (Å²) in [7, 11) is 2.00. The van der Waals surface area contributed by atoms with E-state index in [0.29, 0.717) is 0 Å². The SMILES string of the molecule is CCCNC1CCCC(c2cnn(C)c2)C1. The van der Waals surface area contributed by atoms with Crippen LogP contribution in [0.5, 0.6) is 0 Å². The van der Waals surface area contributed by atoms with Crippen molar-refractivity contribution in [2.24, 2.45) is 7.05 Å². The van der Waals surface area contributed by atoms with E-state index in [-0.39, 0.29) is 0 Å². The van der Waals surface area contributed by atoms with Gasteiger partial charge in [0.2, 0.25) is 0 Å². The molecule has 3 heteroatoms. The average Bonchev–Trinajstić information content (AvgIpc) is 2.74. The summed E-state index contributed by atoms with van der Waals surface area (Å²) in [5.41, 5.74) is 1.42. The number of aryl methyl sites for hydroxylation is 1. The van der Waals surface area contributed by atoms with Crippen molar-refractivity contribution in [3.05, 3.63) is 18.0 Å². The zero-order valence-corrected chi connectivity index (χ0v) is 10.4. The van der Waals surface area contributed by atoms with E-state index < -0.39 is 0 Å². The van der Waals surface area contributed by atoms with Crippen LogP contribution in [0, 0.1) is 0 Å². The smallest absolute Gasteiger partial charge is 0.0524 e. The molecule has 1 aliphatic rings. The lowest BCUT2D eigenvalue weighted by atomic mass is 9.82. The van der Waals surface area contributed by atoms with Gasteiger partial charge < -0.3 is 5.32 Å². The van der Waals surface area contributed by atoms with Crippen molar-refractivity contribution in [2.45, 2.75) is 51.0 Å². The number of rotatable bonds is 4. The zero-order valence-electron chi connectivity index (χ0n) is 10.4. The third-order valence-electron chi connectivity index (χ3n) is 3.55. The van der Waals surface area contributed by atoms with Gasteiger partial charge in [0.25, 0.3) is 0 Å². The van der Waals surface area contributed by atoms with E-state index in [1.807, 2.05) is 17.9 Å². The summed E-state index contributed by atoms with van der Waals surface area (Å²) in [5, 5.41) is 7.93. The molecule has 2 atom stereocenters. The molecule has 1 heterocycles. The van der Waals surface area contributed by atoms with Gasteiger partial charge in [-0.05, 0) is 43.7 Å². The third-order valence-corrected chi connectivity index (χ3v) is 3.55. The molecule has 0 amide bonds. The molecule has 2 rings (SSSR count). The van der Waals surface area contributed by atoms with Gasteiger partial charge in [0.05, 0.1) is 6.20 Å². The maximum absolute atomic E-state index is 4.28. The number of hydrogen-bond donors (Lipinski definition) is 1. The Balaban J connectivity index is 1.91. The van der Waals surface area contributed by atoms with Crippen molar-refractivity contribution in [2.75, 3.05) is 6.54 Å². The van der Waals surface area contributed by atoms with E-state index >= 15 is 0 Å². The highest BCUT2D eigenvalue weighted by atomic mass is 15.2. The highest BCUT2D eigenvalue weighted by Crippen LogP contribution is 2.32. The molecule has 1 aromatic heterocycles. The van der Waals surface area contributed by atoms with Gasteiger partial charge in [-0.1, -0.05) is 13.3 Å². The predicted molar refractivity (Wildman–Crippen MR) is 66.5 cm³/mol. The minimum atomic E-state index is 0.719. The minimum Gasteiger partial charge on any atom is -0.314 e. The largest absolute Gasteiger partial charge is 0.314 e. The lowest BCUT2D eigenvalue weighted by molar-refractivity contribution is 0.340. The van der Waals surface area contributed by atoms with Crippen LogP contribution >= 0.6 is 0 Å². The second-order valence-electron chi connectivity index (χ2n) is 4.96. The minimum absolute atomic E-state index is 0.719. The van der Waals surface area contributed by atoms with Gasteiger partial charge in [0.1, 0.15) is 0 Å². The molecular weight excluding hydrogens is 198 g/mol. The first-order valence-electron chi connectivity index (χ1n) is 6.51. The van der Waals surface area contributed by atoms with Gasteiger partial charge in [-0.2, -0.15) is 5.10 Å². The van der Waals surface area contributed by atoms with Crippen molar-refractivity contribution in [3.8, 4) is 0 Å². The van der Waals surface area contributed by atoms with E-state index in [0.717, 1.165) is 18.5 Å². The van der Waals surface area contributed by atoms with Crippen LogP contribution in [-0.4, -0.2) is 22.4 Å². The van der Waals surface area contributed by atoms with Crippen molar-refractivity contribution < 1.29 is 0 Å². The quantitative estimate of drug-likeness (QED) is 0.846. The van der Waals surface area contributed by atoms with E-state index in [1.54, 1.807) is 0 Å². The van der Waals surface area contributed by atoms with Crippen LogP contribution in [-0.2, 0) is 7.05 Å². The maximum atomic E-state index is 4.28. The number of nitrogens with one attached hydrogen (secondary N) is 1. The summed E-state index contributed by atoms with van der Waals surface area (Å²) in [5.74, 6) is 0.719. The molecule has 0 spiro atoms. The van der Waals surface area contributed by atoms with Crippen LogP contribution in [0.2, 0.25) is 0 Å². The number of nitrogens with zero attached hydrogens (tertiary/aromatic N) is 2. The van der Waals surface area contributed by atoms with Crippen LogP contribution in [0.3, 0.4) is 0 Å². The van der Waals surface area contributed by atoms with Crippen LogP contribution < -0.4 is 5.32 Å². The molecule has 1 saturated carbocycles. The molecule has 3 nitrogen and oxygen atoms in total. The maximum Gasteiger partial charge on any atom is 0.0524 e. The summed E-state index contributed by atoms with van der Waals surface area (Å²) in [6.45, 7) is 3.39. The average molecular weight is 221 g/mol. The molecule has 1 aliphatic carbocycles. The normalized spacial score (nSPS) is 25.9. The molecule has 0 aromatic carbocycles. The lowest BCUT2D eigenvalue weighted by Crippen LogP contribution is -2.33. The Morgan fingerprint density at radius 1 is 1.50 bits per heavy atom. The fraction of sp³-hybridized carbons (Fsp3) is 0.769. The van der Waals surface area contributed by atoms with E-state index in [1.165, 1.54) is 37.7 Å². The first kappa shape index (κ1) is 11.6. The molecule has 2 unspecified atom stereocenters. The van der Waals surface area contributed by atoms with Gasteiger partial charge >= 0.3 is 0 Å². The molecule has 0 saturated heterocycles. The molecule has 0 radical (unpaired) electrons. The summed E-state index contributed by atoms with van der Waals surface area (Å²) in [6.07, 6.45) is 10.7. The summed E-state index contributed by atoms with van der Waals surface area (Å²) in [4.78, 5) is 0. The molecular formula is C13H23N3. The van der Waals surface area contributed by atoms with Crippen LogP contribution in [0.25, 0.3) is 0 Å². The molecule has 0 bridgehead atoms. The second kappa shape index (κ2) is 5.48. The van der Waals surface area contributed by atoms with Gasteiger partial charge in [0, 0.05) is 19.3 Å². The van der Waals surface area contributed by atoms with Gasteiger partial charge in [-0.3, -0.25) is 4.68 Å². The molecule has 0 aliphatic heterocycles. The number of hydrogen-bond acceptors (Lipinski definition) is 2. The Bertz CT molecular complexity index is 319. The standard InChI is InChI=1S/C13H23N3/c1-3-7-14-13-6-4-5-11(8-13)12-9-15-16(2)10-12/h9-11,13-14H,3-8H2,1-2H3. The summed E-state index contributed by atoms with van der Waals surface area (Å²) >= 11 is 0. The highest BCUT2D eigenvalue weighted by molar-refractivity contribution is 5.12. The molecule has 90 valence electrons. The molecule has 16 heavy (non-hydrogen) atoms. The Hall–Kier alpha value is -0.830. The Kier molecular flexibility index (Phi) is 3.99. The van der Waals surface area contributed by atoms with Gasteiger partial charge in [-0.15, -0.1) is 0 Å². The van der Waals surface area contributed by atoms with Crippen molar-refractivity contribution in [3.63, 3.8) is 0 Å². The zero-order chi connectivity index (χ0) is 11.4. The Morgan fingerprint density at radius 2 is 2.38 bits per heavy atom. The van der Waals surface area contributed by atoms with Crippen LogP contribution in [0.15, 0.2) is 12.4 Å². The lowest BCUT2D eigenvalue weighted by Gasteiger charge is -2.29. The first-order chi connectivity index (χ1) is 7.79. The first-order valence-corrected chi connectivity index (χ1v) is 6.51. The molecule has 1 N–H and O–H groups in total. The third kappa shape index (κ3) is 2.85. The van der Waals surface area contributed by atoms with Crippen molar-refractivity contribution in [1.82, 2.24) is 15.1 Å². The van der Waals surface area contributed by atoms with Crippen LogP contribution in [0.4, 0.5) is 0 Å². The Morgan fingerprint density at radius 3 is 3.06 bits per heavy atom. The highest BCUT2D eigenvalue weighted by Gasteiger charge is 2.23. The van der Waals surface area contributed by atoms with Gasteiger partial charge in [0.15, 0.2) is 0 Å². The monoisotopic (exact) mass is 221 g/mol. The van der Waals surface area contributed by atoms with Crippen LogP contribution in [0.1, 0.15) is 50.5 Å². The van der Waals surface area contributed by atoms with Crippen molar-refractivity contribution in [1.29, 1.82) is 0 Å². The summed E-state index contributed by atoms with van der Waals surface area (Å²) < 4.78 is 1.92. The number of aromatic nitrogens is 2. The van der Waals surface area contributed by atoms with E-state index in [2.05, 4.69) is 23.5 Å².